The van der Waals surface area contributed by atoms with Crippen LogP contribution in [0.25, 0.3) is 22.5 Å². The molecule has 0 bridgehead atoms. The molecule has 0 spiro atoms. The second-order valence-corrected chi connectivity index (χ2v) is 8.64. The summed E-state index contributed by atoms with van der Waals surface area (Å²) in [6, 6.07) is 20.3. The van der Waals surface area contributed by atoms with Crippen LogP contribution in [0.15, 0.2) is 71.3 Å². The van der Waals surface area contributed by atoms with Crippen LogP contribution in [0.5, 0.6) is 0 Å². The lowest BCUT2D eigenvalue weighted by Gasteiger charge is -2.14. The van der Waals surface area contributed by atoms with Crippen LogP contribution in [-0.4, -0.2) is 21.4 Å². The highest BCUT2D eigenvalue weighted by Crippen LogP contribution is 2.32. The van der Waals surface area contributed by atoms with E-state index >= 15 is 0 Å². The molecular formula is C28H26N4O. The van der Waals surface area contributed by atoms with Crippen molar-refractivity contribution in [1.82, 2.24) is 9.78 Å². The van der Waals surface area contributed by atoms with Gasteiger partial charge in [0.1, 0.15) is 0 Å². The number of aromatic nitrogens is 2. The summed E-state index contributed by atoms with van der Waals surface area (Å²) in [4.78, 5) is 13.5. The van der Waals surface area contributed by atoms with Gasteiger partial charge in [-0.2, -0.15) is 15.2 Å². The van der Waals surface area contributed by atoms with E-state index in [1.54, 1.807) is 0 Å². The number of carbonyl (C=O) groups is 1. The largest absolute Gasteiger partial charge is 0.280 e. The van der Waals surface area contributed by atoms with Crippen molar-refractivity contribution in [3.8, 4) is 5.69 Å². The van der Waals surface area contributed by atoms with E-state index in [0.29, 0.717) is 11.3 Å². The van der Waals surface area contributed by atoms with E-state index in [1.807, 2.05) is 74.0 Å². The lowest BCUT2D eigenvalue weighted by Crippen LogP contribution is -2.21. The van der Waals surface area contributed by atoms with Crippen molar-refractivity contribution >= 4 is 34.2 Å². The van der Waals surface area contributed by atoms with Gasteiger partial charge in [0.15, 0.2) is 0 Å². The van der Waals surface area contributed by atoms with E-state index in [2.05, 4.69) is 37.1 Å². The summed E-state index contributed by atoms with van der Waals surface area (Å²) >= 11 is 0. The fourth-order valence-electron chi connectivity index (χ4n) is 4.53. The molecule has 5 nitrogen and oxygen atoms in total. The van der Waals surface area contributed by atoms with Gasteiger partial charge in [-0.15, -0.1) is 0 Å². The molecule has 0 fully saturated rings. The molecule has 5 heteroatoms. The summed E-state index contributed by atoms with van der Waals surface area (Å²) in [5, 5.41) is 13.0. The Morgan fingerprint density at radius 2 is 1.61 bits per heavy atom. The molecule has 0 saturated carbocycles. The molecule has 0 saturated heterocycles. The molecule has 0 N–H and O–H groups in total. The van der Waals surface area contributed by atoms with E-state index in [0.717, 1.165) is 44.7 Å². The molecule has 0 atom stereocenters. The summed E-state index contributed by atoms with van der Waals surface area (Å²) in [7, 11) is 0. The second kappa shape index (κ2) is 7.85. The predicted molar refractivity (Wildman–Crippen MR) is 135 cm³/mol. The molecule has 1 aliphatic rings. The first-order valence-electron chi connectivity index (χ1n) is 11.1. The number of benzene rings is 3. The molecule has 3 aromatic carbocycles. The Morgan fingerprint density at radius 1 is 0.848 bits per heavy atom. The molecule has 0 aliphatic carbocycles. The quantitative estimate of drug-likeness (QED) is 0.368. The number of rotatable bonds is 3. The third-order valence-corrected chi connectivity index (χ3v) is 6.27. The van der Waals surface area contributed by atoms with Crippen LogP contribution in [0, 0.1) is 27.7 Å². The highest BCUT2D eigenvalue weighted by Gasteiger charge is 2.30. The first-order valence-corrected chi connectivity index (χ1v) is 11.1. The molecule has 2 heterocycles. The van der Waals surface area contributed by atoms with Crippen LogP contribution >= 0.6 is 0 Å². The van der Waals surface area contributed by atoms with Crippen LogP contribution < -0.4 is 5.01 Å². The highest BCUT2D eigenvalue weighted by molar-refractivity contribution is 6.33. The van der Waals surface area contributed by atoms with Crippen LogP contribution in [0.3, 0.4) is 0 Å². The Hall–Kier alpha value is -3.99. The predicted octanol–water partition coefficient (Wildman–Crippen LogP) is 6.07. The number of anilines is 1. The summed E-state index contributed by atoms with van der Waals surface area (Å²) in [5.74, 6) is -0.123. The number of nitrogens with zero attached hydrogens (tertiary/aromatic N) is 4. The van der Waals surface area contributed by atoms with Crippen molar-refractivity contribution in [1.29, 1.82) is 0 Å². The lowest BCUT2D eigenvalue weighted by molar-refractivity contribution is -0.114. The minimum atomic E-state index is -0.123. The van der Waals surface area contributed by atoms with Crippen molar-refractivity contribution < 1.29 is 4.79 Å². The fraction of sp³-hybridized carbons (Fsp3) is 0.179. The first-order chi connectivity index (χ1) is 15.8. The van der Waals surface area contributed by atoms with E-state index < -0.39 is 0 Å². The standard InChI is InChI=1S/C28H26N4O/c1-17-13-14-26(18(2)15-17)31-21(5)24(19(3)29-31)16-25-20(4)30-32(28(25)33)27-12-8-10-22-9-6-7-11-23(22)27/h6-16H,1-5H3/b25-16-. The van der Waals surface area contributed by atoms with Gasteiger partial charge in [-0.1, -0.05) is 54.1 Å². The zero-order chi connectivity index (χ0) is 23.3. The number of carbonyl (C=O) groups excluding carboxylic acids is 1. The third kappa shape index (κ3) is 3.46. The smallest absolute Gasteiger partial charge is 0.267 e. The number of amides is 1. The number of hydrogen-bond donors (Lipinski definition) is 0. The number of fused-ring (bicyclic) bond motifs is 1. The van der Waals surface area contributed by atoms with Crippen LogP contribution in [0.4, 0.5) is 5.69 Å². The lowest BCUT2D eigenvalue weighted by atomic mass is 10.0. The zero-order valence-corrected chi connectivity index (χ0v) is 19.5. The molecular weight excluding hydrogens is 408 g/mol. The van der Waals surface area contributed by atoms with Gasteiger partial charge in [-0.25, -0.2) is 4.68 Å². The summed E-state index contributed by atoms with van der Waals surface area (Å²) in [6.45, 7) is 10.1. The molecule has 1 aromatic heterocycles. The molecule has 1 amide bonds. The normalized spacial score (nSPS) is 15.1. The summed E-state index contributed by atoms with van der Waals surface area (Å²) < 4.78 is 1.96. The second-order valence-electron chi connectivity index (χ2n) is 8.64. The monoisotopic (exact) mass is 434 g/mol. The van der Waals surface area contributed by atoms with E-state index in [-0.39, 0.29) is 5.91 Å². The maximum absolute atomic E-state index is 13.5. The van der Waals surface area contributed by atoms with Crippen LogP contribution in [-0.2, 0) is 4.79 Å². The maximum atomic E-state index is 13.5. The van der Waals surface area contributed by atoms with Crippen molar-refractivity contribution in [2.24, 2.45) is 5.10 Å². The van der Waals surface area contributed by atoms with Gasteiger partial charge in [0.25, 0.3) is 5.91 Å². The van der Waals surface area contributed by atoms with Crippen molar-refractivity contribution in [3.63, 3.8) is 0 Å². The van der Waals surface area contributed by atoms with Gasteiger partial charge in [-0.3, -0.25) is 4.79 Å². The minimum absolute atomic E-state index is 0.123. The Morgan fingerprint density at radius 3 is 2.39 bits per heavy atom. The number of aryl methyl sites for hydroxylation is 3. The van der Waals surface area contributed by atoms with Gasteiger partial charge in [0.05, 0.1) is 28.4 Å². The Labute approximate surface area is 193 Å². The zero-order valence-electron chi connectivity index (χ0n) is 19.5. The van der Waals surface area contributed by atoms with Crippen molar-refractivity contribution in [2.75, 3.05) is 5.01 Å². The molecule has 4 aromatic rings. The third-order valence-electron chi connectivity index (χ3n) is 6.27. The van der Waals surface area contributed by atoms with E-state index in [9.17, 15) is 4.79 Å². The Kier molecular flexibility index (Phi) is 4.97. The fourth-order valence-corrected chi connectivity index (χ4v) is 4.53. The Bertz CT molecular complexity index is 1480. The summed E-state index contributed by atoms with van der Waals surface area (Å²) in [5.41, 5.74) is 8.34. The van der Waals surface area contributed by atoms with Gasteiger partial charge in [0.2, 0.25) is 0 Å². The molecule has 1 aliphatic heterocycles. The molecule has 164 valence electrons. The van der Waals surface area contributed by atoms with Crippen molar-refractivity contribution in [3.05, 3.63) is 94.3 Å². The average molecular weight is 435 g/mol. The van der Waals surface area contributed by atoms with Crippen LogP contribution in [0.1, 0.15) is 35.0 Å². The Balaban J connectivity index is 1.56. The molecule has 0 radical (unpaired) electrons. The van der Waals surface area contributed by atoms with Crippen LogP contribution in [0.2, 0.25) is 0 Å². The van der Waals surface area contributed by atoms with Gasteiger partial charge in [0, 0.05) is 16.6 Å². The number of hydrogen-bond acceptors (Lipinski definition) is 3. The molecule has 0 unspecified atom stereocenters. The molecule has 33 heavy (non-hydrogen) atoms. The average Bonchev–Trinajstić information content (AvgIpc) is 3.23. The molecule has 5 rings (SSSR count). The highest BCUT2D eigenvalue weighted by atomic mass is 16.2. The van der Waals surface area contributed by atoms with Gasteiger partial charge < -0.3 is 0 Å². The van der Waals surface area contributed by atoms with Gasteiger partial charge >= 0.3 is 0 Å². The first kappa shape index (κ1) is 20.9. The van der Waals surface area contributed by atoms with Crippen molar-refractivity contribution in [2.45, 2.75) is 34.6 Å². The van der Waals surface area contributed by atoms with E-state index in [4.69, 9.17) is 5.10 Å². The van der Waals surface area contributed by atoms with E-state index in [1.165, 1.54) is 10.6 Å². The topological polar surface area (TPSA) is 50.5 Å². The summed E-state index contributed by atoms with van der Waals surface area (Å²) in [6.07, 6.45) is 1.93. The maximum Gasteiger partial charge on any atom is 0.280 e. The van der Waals surface area contributed by atoms with Gasteiger partial charge in [-0.05, 0) is 63.8 Å². The SMILES string of the molecule is CC1=NN(c2cccc3ccccc23)C(=O)/C1=C\c1c(C)nn(-c2ccc(C)cc2C)c1C. The number of hydrazone groups is 1. The minimum Gasteiger partial charge on any atom is -0.267 e.